The molecule has 6 bridgehead atoms. The summed E-state index contributed by atoms with van der Waals surface area (Å²) in [6.07, 6.45) is 14.2. The summed E-state index contributed by atoms with van der Waals surface area (Å²) >= 11 is 0. The van der Waals surface area contributed by atoms with Gasteiger partial charge in [0.1, 0.15) is 0 Å². The first-order valence-electron chi connectivity index (χ1n) is 11.9. The Hall–Kier alpha value is -1.14. The molecule has 1 saturated heterocycles. The van der Waals surface area contributed by atoms with E-state index in [0.29, 0.717) is 0 Å². The van der Waals surface area contributed by atoms with Crippen LogP contribution in [0.5, 0.6) is 0 Å². The highest BCUT2D eigenvalue weighted by atomic mass is 16.4. The fraction of sp³-hybridized carbons (Fsp3) is 0.913. The van der Waals surface area contributed by atoms with Gasteiger partial charge in [0.05, 0.1) is 0 Å². The number of hydrogen-bond donors (Lipinski definition) is 2. The van der Waals surface area contributed by atoms with Crippen molar-refractivity contribution in [3.05, 3.63) is 0 Å². The molecule has 162 valence electrons. The molecular weight excluding hydrogens is 368 g/mol. The predicted octanol–water partition coefficient (Wildman–Crippen LogP) is 2.77. The van der Waals surface area contributed by atoms with Gasteiger partial charge in [0.2, 0.25) is 0 Å². The normalized spacial score (nSPS) is 45.8. The van der Waals surface area contributed by atoms with Gasteiger partial charge in [-0.15, -0.1) is 0 Å². The predicted molar refractivity (Wildman–Crippen MR) is 108 cm³/mol. The van der Waals surface area contributed by atoms with Gasteiger partial charge in [-0.3, -0.25) is 9.80 Å². The van der Waals surface area contributed by atoms with E-state index in [4.69, 9.17) is 19.8 Å². The molecule has 6 nitrogen and oxygen atoms in total. The molecule has 0 amide bonds. The van der Waals surface area contributed by atoms with Crippen LogP contribution in [0.15, 0.2) is 0 Å². The molecule has 1 aliphatic heterocycles. The highest BCUT2D eigenvalue weighted by molar-refractivity contribution is 6.27. The summed E-state index contributed by atoms with van der Waals surface area (Å²) in [5, 5.41) is 14.8. The number of hydrogen-bond acceptors (Lipinski definition) is 4. The Labute approximate surface area is 173 Å². The van der Waals surface area contributed by atoms with Gasteiger partial charge in [0.15, 0.2) is 0 Å². The van der Waals surface area contributed by atoms with Crippen molar-refractivity contribution in [1.29, 1.82) is 0 Å². The van der Waals surface area contributed by atoms with Crippen molar-refractivity contribution in [1.82, 2.24) is 9.80 Å². The van der Waals surface area contributed by atoms with Gasteiger partial charge in [-0.25, -0.2) is 9.59 Å². The summed E-state index contributed by atoms with van der Waals surface area (Å²) in [5.41, 5.74) is 0. The molecule has 7 rings (SSSR count). The van der Waals surface area contributed by atoms with E-state index in [1.165, 1.54) is 26.2 Å². The van der Waals surface area contributed by atoms with E-state index in [1.807, 2.05) is 0 Å². The summed E-state index contributed by atoms with van der Waals surface area (Å²) in [5.74, 6) is 2.96. The minimum atomic E-state index is -1.82. The molecule has 0 spiro atoms. The standard InChI is InChI=1S/C21H34N2.C2H2O4/c1-2-17-8-14(1)13-20(17)22-3-5-23(6-4-22)21-18-9-15-7-16(11-18)12-19(21)10-15;3-1(4)2(5)6/h14-21H,1-13H2;(H,3,4)(H,5,6). The smallest absolute Gasteiger partial charge is 0.414 e. The average molecular weight is 405 g/mol. The zero-order valence-corrected chi connectivity index (χ0v) is 17.4. The Balaban J connectivity index is 0.000000269. The minimum Gasteiger partial charge on any atom is -0.473 e. The molecule has 0 radical (unpaired) electrons. The lowest BCUT2D eigenvalue weighted by atomic mass is 9.54. The second-order valence-corrected chi connectivity index (χ2v) is 10.8. The van der Waals surface area contributed by atoms with Crippen LogP contribution in [0.2, 0.25) is 0 Å². The lowest BCUT2D eigenvalue weighted by molar-refractivity contribution is -0.159. The number of rotatable bonds is 2. The molecule has 6 saturated carbocycles. The maximum atomic E-state index is 9.10. The number of piperazine rings is 1. The Morgan fingerprint density at radius 3 is 1.55 bits per heavy atom. The molecule has 1 heterocycles. The molecule has 6 heteroatoms. The molecule has 7 fully saturated rings. The van der Waals surface area contributed by atoms with Crippen molar-refractivity contribution >= 4 is 11.9 Å². The van der Waals surface area contributed by atoms with Gasteiger partial charge in [-0.05, 0) is 86.9 Å². The topological polar surface area (TPSA) is 81.1 Å². The highest BCUT2D eigenvalue weighted by Gasteiger charge is 2.51. The zero-order chi connectivity index (χ0) is 20.1. The molecule has 29 heavy (non-hydrogen) atoms. The van der Waals surface area contributed by atoms with Gasteiger partial charge in [0.25, 0.3) is 0 Å². The first kappa shape index (κ1) is 19.8. The molecule has 0 aromatic rings. The summed E-state index contributed by atoms with van der Waals surface area (Å²) in [4.78, 5) is 24.1. The number of carbonyl (C=O) groups is 2. The molecule has 7 aliphatic rings. The summed E-state index contributed by atoms with van der Waals surface area (Å²) in [6, 6.07) is 1.97. The molecule has 0 aromatic carbocycles. The summed E-state index contributed by atoms with van der Waals surface area (Å²) in [7, 11) is 0. The van der Waals surface area contributed by atoms with Crippen molar-refractivity contribution < 1.29 is 19.8 Å². The first-order chi connectivity index (χ1) is 14.0. The maximum Gasteiger partial charge on any atom is 0.414 e. The van der Waals surface area contributed by atoms with Crippen LogP contribution in [0.4, 0.5) is 0 Å². The molecule has 0 aromatic heterocycles. The average Bonchev–Trinajstić information content (AvgIpc) is 3.32. The fourth-order valence-corrected chi connectivity index (χ4v) is 8.52. The molecular formula is C23H36N2O4. The van der Waals surface area contributed by atoms with E-state index in [9.17, 15) is 0 Å². The van der Waals surface area contributed by atoms with Crippen LogP contribution in [-0.2, 0) is 9.59 Å². The Bertz CT molecular complexity index is 605. The van der Waals surface area contributed by atoms with E-state index in [2.05, 4.69) is 9.80 Å². The highest BCUT2D eigenvalue weighted by Crippen LogP contribution is 2.55. The second kappa shape index (κ2) is 7.84. The van der Waals surface area contributed by atoms with E-state index < -0.39 is 11.9 Å². The van der Waals surface area contributed by atoms with Gasteiger partial charge in [-0.2, -0.15) is 0 Å². The van der Waals surface area contributed by atoms with Crippen LogP contribution < -0.4 is 0 Å². The number of carboxylic acids is 2. The number of carboxylic acid groups (broad SMARTS) is 2. The Morgan fingerprint density at radius 1 is 0.586 bits per heavy atom. The van der Waals surface area contributed by atoms with Crippen molar-refractivity contribution in [2.24, 2.45) is 35.5 Å². The van der Waals surface area contributed by atoms with Crippen LogP contribution in [0.3, 0.4) is 0 Å². The quantitative estimate of drug-likeness (QED) is 0.689. The van der Waals surface area contributed by atoms with Crippen LogP contribution in [-0.4, -0.2) is 70.2 Å². The third kappa shape index (κ3) is 3.83. The largest absolute Gasteiger partial charge is 0.473 e. The van der Waals surface area contributed by atoms with Crippen molar-refractivity contribution in [2.45, 2.75) is 69.9 Å². The monoisotopic (exact) mass is 404 g/mol. The van der Waals surface area contributed by atoms with E-state index in [1.54, 1.807) is 57.8 Å². The van der Waals surface area contributed by atoms with Crippen molar-refractivity contribution in [2.75, 3.05) is 26.2 Å². The fourth-order valence-electron chi connectivity index (χ4n) is 8.52. The Kier molecular flexibility index (Phi) is 5.35. The zero-order valence-electron chi connectivity index (χ0n) is 17.4. The van der Waals surface area contributed by atoms with Gasteiger partial charge in [0, 0.05) is 38.3 Å². The second-order valence-electron chi connectivity index (χ2n) is 10.8. The van der Waals surface area contributed by atoms with E-state index in [0.717, 1.165) is 47.6 Å². The number of fused-ring (bicyclic) bond motifs is 2. The van der Waals surface area contributed by atoms with Crippen LogP contribution in [0.25, 0.3) is 0 Å². The summed E-state index contributed by atoms with van der Waals surface area (Å²) < 4.78 is 0. The van der Waals surface area contributed by atoms with E-state index in [-0.39, 0.29) is 0 Å². The number of aliphatic carboxylic acids is 2. The molecule has 2 N–H and O–H groups in total. The SMILES string of the molecule is C1CC2CC1CC2N1CCN(C2C3CC4CC(C3)CC2C4)CC1.O=C(O)C(=O)O. The minimum absolute atomic E-state index is 0.981. The van der Waals surface area contributed by atoms with Crippen LogP contribution in [0, 0.1) is 35.5 Å². The maximum absolute atomic E-state index is 9.10. The van der Waals surface area contributed by atoms with Crippen LogP contribution >= 0.6 is 0 Å². The van der Waals surface area contributed by atoms with E-state index >= 15 is 0 Å². The van der Waals surface area contributed by atoms with Crippen molar-refractivity contribution in [3.63, 3.8) is 0 Å². The Morgan fingerprint density at radius 2 is 1.10 bits per heavy atom. The number of nitrogens with zero attached hydrogens (tertiary/aromatic N) is 2. The molecule has 3 unspecified atom stereocenters. The lowest BCUT2D eigenvalue weighted by Gasteiger charge is -2.58. The van der Waals surface area contributed by atoms with Gasteiger partial charge in [-0.1, -0.05) is 6.42 Å². The van der Waals surface area contributed by atoms with Gasteiger partial charge < -0.3 is 10.2 Å². The van der Waals surface area contributed by atoms with Crippen molar-refractivity contribution in [3.8, 4) is 0 Å². The molecule has 6 aliphatic carbocycles. The third-order valence-electron chi connectivity index (χ3n) is 9.30. The van der Waals surface area contributed by atoms with Crippen LogP contribution in [0.1, 0.15) is 57.8 Å². The first-order valence-corrected chi connectivity index (χ1v) is 11.9. The lowest BCUT2D eigenvalue weighted by Crippen LogP contribution is -2.61. The van der Waals surface area contributed by atoms with Gasteiger partial charge >= 0.3 is 11.9 Å². The third-order valence-corrected chi connectivity index (χ3v) is 9.30. The summed E-state index contributed by atoms with van der Waals surface area (Å²) in [6.45, 7) is 5.55. The molecule has 3 atom stereocenters.